The molecule has 2 aromatic carbocycles. The van der Waals surface area contributed by atoms with Crippen molar-refractivity contribution in [2.75, 3.05) is 5.32 Å². The maximum atomic E-state index is 12.2. The van der Waals surface area contributed by atoms with Gasteiger partial charge in [-0.2, -0.15) is 5.21 Å². The minimum Gasteiger partial charge on any atom is -0.326 e. The first kappa shape index (κ1) is 17.5. The number of aryl methyl sites for hydroxylation is 1. The summed E-state index contributed by atoms with van der Waals surface area (Å²) in [4.78, 5) is 31.4. The van der Waals surface area contributed by atoms with Gasteiger partial charge in [-0.15, -0.1) is 10.2 Å². The third-order valence-corrected chi connectivity index (χ3v) is 4.25. The molecule has 2 heterocycles. The minimum absolute atomic E-state index is 0.101. The zero-order chi connectivity index (χ0) is 19.3. The molecule has 0 unspecified atom stereocenters. The summed E-state index contributed by atoms with van der Waals surface area (Å²) in [5.41, 5.74) is 1.99. The Labute approximate surface area is 159 Å². The fourth-order valence-corrected chi connectivity index (χ4v) is 2.88. The lowest BCUT2D eigenvalue weighted by Crippen LogP contribution is -2.14. The quantitative estimate of drug-likeness (QED) is 0.473. The Balaban J connectivity index is 1.32. The van der Waals surface area contributed by atoms with E-state index < -0.39 is 0 Å². The number of nitrogens with zero attached hydrogens (tertiary/aromatic N) is 4. The number of aromatic nitrogens is 6. The number of hydrogen-bond acceptors (Lipinski definition) is 6. The summed E-state index contributed by atoms with van der Waals surface area (Å²) in [5.74, 6) is 0.978. The second kappa shape index (κ2) is 7.78. The van der Waals surface area contributed by atoms with Gasteiger partial charge in [0.15, 0.2) is 0 Å². The van der Waals surface area contributed by atoms with Gasteiger partial charge in [0, 0.05) is 24.1 Å². The van der Waals surface area contributed by atoms with Crippen molar-refractivity contribution in [3.8, 4) is 11.4 Å². The second-order valence-corrected chi connectivity index (χ2v) is 6.24. The van der Waals surface area contributed by atoms with Gasteiger partial charge in [-0.1, -0.05) is 12.1 Å². The molecule has 0 aliphatic rings. The molecule has 2 aromatic heterocycles. The first-order valence-electron chi connectivity index (χ1n) is 8.81. The van der Waals surface area contributed by atoms with E-state index in [-0.39, 0.29) is 11.5 Å². The van der Waals surface area contributed by atoms with Crippen LogP contribution in [-0.2, 0) is 11.2 Å². The highest BCUT2D eigenvalue weighted by Crippen LogP contribution is 2.17. The highest BCUT2D eigenvalue weighted by molar-refractivity contribution is 5.90. The summed E-state index contributed by atoms with van der Waals surface area (Å²) in [6, 6.07) is 14.4. The fourth-order valence-electron chi connectivity index (χ4n) is 2.88. The summed E-state index contributed by atoms with van der Waals surface area (Å²) < 4.78 is 0. The average Bonchev–Trinajstić information content (AvgIpc) is 3.23. The molecular weight excluding hydrogens is 358 g/mol. The molecule has 0 radical (unpaired) electrons. The predicted molar refractivity (Wildman–Crippen MR) is 104 cm³/mol. The van der Waals surface area contributed by atoms with Gasteiger partial charge in [-0.25, -0.2) is 4.98 Å². The number of fused-ring (bicyclic) bond motifs is 1. The van der Waals surface area contributed by atoms with E-state index in [1.165, 1.54) is 0 Å². The first-order valence-corrected chi connectivity index (χ1v) is 8.81. The number of amides is 1. The summed E-state index contributed by atoms with van der Waals surface area (Å²) in [7, 11) is 0. The van der Waals surface area contributed by atoms with E-state index in [0.717, 1.165) is 5.56 Å². The number of para-hydroxylation sites is 1. The Hall–Kier alpha value is -3.88. The number of aromatic amines is 2. The number of anilines is 1. The number of tetrazole rings is 1. The van der Waals surface area contributed by atoms with Crippen LogP contribution in [0.2, 0.25) is 0 Å². The maximum absolute atomic E-state index is 12.2. The highest BCUT2D eigenvalue weighted by Gasteiger charge is 2.07. The van der Waals surface area contributed by atoms with Crippen molar-refractivity contribution >= 4 is 22.5 Å². The minimum atomic E-state index is -0.160. The van der Waals surface area contributed by atoms with Crippen LogP contribution in [-0.4, -0.2) is 36.5 Å². The van der Waals surface area contributed by atoms with Crippen molar-refractivity contribution in [2.45, 2.75) is 19.3 Å². The summed E-state index contributed by atoms with van der Waals surface area (Å²) in [6.07, 6.45) is 1.42. The number of nitrogens with one attached hydrogen (secondary N) is 3. The van der Waals surface area contributed by atoms with E-state index in [9.17, 15) is 9.59 Å². The van der Waals surface area contributed by atoms with E-state index >= 15 is 0 Å². The van der Waals surface area contributed by atoms with Crippen molar-refractivity contribution < 1.29 is 4.79 Å². The van der Waals surface area contributed by atoms with Crippen LogP contribution >= 0.6 is 0 Å². The van der Waals surface area contributed by atoms with E-state index in [2.05, 4.69) is 35.9 Å². The maximum Gasteiger partial charge on any atom is 0.258 e. The lowest BCUT2D eigenvalue weighted by atomic mass is 10.2. The fraction of sp³-hybridized carbons (Fsp3) is 0.158. The predicted octanol–water partition coefficient (Wildman–Crippen LogP) is 2.06. The summed E-state index contributed by atoms with van der Waals surface area (Å²) >= 11 is 0. The SMILES string of the molecule is O=C(CCCc1nc2ccccc2c(=O)[nH]1)Nc1ccc(-c2nn[nH]n2)cc1. The highest BCUT2D eigenvalue weighted by atomic mass is 16.1. The molecule has 0 saturated carbocycles. The van der Waals surface area contributed by atoms with Crippen LogP contribution < -0.4 is 10.9 Å². The number of carbonyl (C=O) groups excluding carboxylic acids is 1. The number of hydrogen-bond donors (Lipinski definition) is 3. The Kier molecular flexibility index (Phi) is 4.87. The first-order chi connectivity index (χ1) is 13.7. The zero-order valence-electron chi connectivity index (χ0n) is 14.8. The standard InChI is InChI=1S/C19H17N7O2/c27-17(20-13-10-8-12(9-11-13)18-23-25-26-24-18)7-3-6-16-21-15-5-2-1-4-14(15)19(28)22-16/h1-2,4-5,8-11H,3,6-7H2,(H,20,27)(H,21,22,28)(H,23,24,25,26). The molecule has 0 saturated heterocycles. The molecule has 4 aromatic rings. The molecule has 28 heavy (non-hydrogen) atoms. The van der Waals surface area contributed by atoms with Crippen LogP contribution in [0.1, 0.15) is 18.7 Å². The van der Waals surface area contributed by atoms with Gasteiger partial charge in [-0.05, 0) is 48.0 Å². The molecule has 0 aliphatic carbocycles. The monoisotopic (exact) mass is 375 g/mol. The van der Waals surface area contributed by atoms with Crippen LogP contribution in [0.15, 0.2) is 53.3 Å². The van der Waals surface area contributed by atoms with Crippen LogP contribution in [0, 0.1) is 0 Å². The van der Waals surface area contributed by atoms with Crippen molar-refractivity contribution in [3.05, 3.63) is 64.7 Å². The van der Waals surface area contributed by atoms with E-state index in [1.54, 1.807) is 30.3 Å². The van der Waals surface area contributed by atoms with E-state index in [4.69, 9.17) is 0 Å². The normalized spacial score (nSPS) is 10.9. The Morgan fingerprint density at radius 2 is 1.89 bits per heavy atom. The molecular formula is C19H17N7O2. The van der Waals surface area contributed by atoms with Gasteiger partial charge < -0.3 is 10.3 Å². The molecule has 0 fully saturated rings. The van der Waals surface area contributed by atoms with Gasteiger partial charge >= 0.3 is 0 Å². The topological polar surface area (TPSA) is 129 Å². The van der Waals surface area contributed by atoms with Crippen LogP contribution in [0.3, 0.4) is 0 Å². The van der Waals surface area contributed by atoms with Gasteiger partial charge in [0.1, 0.15) is 5.82 Å². The van der Waals surface area contributed by atoms with Gasteiger partial charge in [0.2, 0.25) is 11.7 Å². The third-order valence-electron chi connectivity index (χ3n) is 4.25. The van der Waals surface area contributed by atoms with Crippen molar-refractivity contribution in [3.63, 3.8) is 0 Å². The Bertz CT molecular complexity index is 1150. The average molecular weight is 375 g/mol. The van der Waals surface area contributed by atoms with Crippen LogP contribution in [0.5, 0.6) is 0 Å². The molecule has 0 spiro atoms. The smallest absolute Gasteiger partial charge is 0.258 e. The van der Waals surface area contributed by atoms with Crippen LogP contribution in [0.25, 0.3) is 22.3 Å². The number of benzene rings is 2. The number of H-pyrrole nitrogens is 2. The van der Waals surface area contributed by atoms with Gasteiger partial charge in [0.05, 0.1) is 10.9 Å². The Morgan fingerprint density at radius 3 is 2.68 bits per heavy atom. The second-order valence-electron chi connectivity index (χ2n) is 6.24. The molecule has 0 atom stereocenters. The molecule has 4 rings (SSSR count). The molecule has 1 amide bonds. The lowest BCUT2D eigenvalue weighted by molar-refractivity contribution is -0.116. The lowest BCUT2D eigenvalue weighted by Gasteiger charge is -2.06. The third kappa shape index (κ3) is 3.93. The molecule has 140 valence electrons. The molecule has 9 heteroatoms. The van der Waals surface area contributed by atoms with Crippen molar-refractivity contribution in [1.82, 2.24) is 30.6 Å². The number of carbonyl (C=O) groups is 1. The summed E-state index contributed by atoms with van der Waals surface area (Å²) in [5, 5.41) is 17.1. The van der Waals surface area contributed by atoms with E-state index in [0.29, 0.717) is 47.5 Å². The van der Waals surface area contributed by atoms with Gasteiger partial charge in [-0.3, -0.25) is 9.59 Å². The van der Waals surface area contributed by atoms with E-state index in [1.807, 2.05) is 18.2 Å². The number of rotatable bonds is 6. The Morgan fingerprint density at radius 1 is 1.07 bits per heavy atom. The zero-order valence-corrected chi connectivity index (χ0v) is 14.8. The van der Waals surface area contributed by atoms with Gasteiger partial charge in [0.25, 0.3) is 5.56 Å². The summed E-state index contributed by atoms with van der Waals surface area (Å²) in [6.45, 7) is 0. The largest absolute Gasteiger partial charge is 0.326 e. The molecule has 3 N–H and O–H groups in total. The van der Waals surface area contributed by atoms with Crippen LogP contribution in [0.4, 0.5) is 5.69 Å². The molecule has 0 aliphatic heterocycles. The van der Waals surface area contributed by atoms with Crippen molar-refractivity contribution in [1.29, 1.82) is 0 Å². The molecule has 0 bridgehead atoms. The van der Waals surface area contributed by atoms with Crippen molar-refractivity contribution in [2.24, 2.45) is 0 Å². The molecule has 9 nitrogen and oxygen atoms in total.